The van der Waals surface area contributed by atoms with Crippen LogP contribution in [0.5, 0.6) is 11.5 Å². The van der Waals surface area contributed by atoms with Gasteiger partial charge in [-0.05, 0) is 50.5 Å². The van der Waals surface area contributed by atoms with Crippen LogP contribution in [-0.2, 0) is 16.0 Å². The molecule has 2 aliphatic rings. The molecule has 1 aliphatic carbocycles. The van der Waals surface area contributed by atoms with Crippen LogP contribution in [0.15, 0.2) is 36.4 Å². The molecule has 1 heterocycles. The average molecular weight is 475 g/mol. The molecule has 2 amide bonds. The number of amides is 2. The van der Waals surface area contributed by atoms with Crippen molar-refractivity contribution in [2.75, 3.05) is 6.61 Å². The molecule has 8 heteroatoms. The van der Waals surface area contributed by atoms with Crippen molar-refractivity contribution in [1.29, 1.82) is 0 Å². The Labute approximate surface area is 197 Å². The Kier molecular flexibility index (Phi) is 6.52. The van der Waals surface area contributed by atoms with Crippen LogP contribution < -0.4 is 20.1 Å². The second-order valence-corrected chi connectivity index (χ2v) is 9.74. The summed E-state index contributed by atoms with van der Waals surface area (Å²) in [5.41, 5.74) is 1.81. The first-order valence-electron chi connectivity index (χ1n) is 11.1. The van der Waals surface area contributed by atoms with E-state index in [2.05, 4.69) is 23.6 Å². The number of halogens is 2. The number of fused-ring (bicyclic) bond motifs is 1. The highest BCUT2D eigenvalue weighted by Gasteiger charge is 2.47. The maximum absolute atomic E-state index is 13.5. The Morgan fingerprint density at radius 2 is 2.03 bits per heavy atom. The summed E-state index contributed by atoms with van der Waals surface area (Å²) in [6, 6.07) is 9.88. The van der Waals surface area contributed by atoms with Crippen LogP contribution >= 0.6 is 11.6 Å². The van der Waals surface area contributed by atoms with Crippen molar-refractivity contribution in [3.05, 3.63) is 58.4 Å². The SMILES string of the molecule is Cc1ccc2c(c1)CC(C(C)NC(=O)C1(C)CC(NC(=O)COc3ccc(Cl)c(F)c3)C1)O2. The third-order valence-corrected chi connectivity index (χ3v) is 6.71. The molecule has 4 rings (SSSR count). The van der Waals surface area contributed by atoms with Crippen molar-refractivity contribution in [1.82, 2.24) is 10.6 Å². The summed E-state index contributed by atoms with van der Waals surface area (Å²) >= 11 is 5.64. The van der Waals surface area contributed by atoms with Crippen LogP contribution in [0.1, 0.15) is 37.8 Å². The monoisotopic (exact) mass is 474 g/mol. The summed E-state index contributed by atoms with van der Waals surface area (Å²) in [6.07, 6.45) is 1.75. The highest BCUT2D eigenvalue weighted by atomic mass is 35.5. The zero-order valence-electron chi connectivity index (χ0n) is 18.9. The van der Waals surface area contributed by atoms with E-state index < -0.39 is 11.2 Å². The lowest BCUT2D eigenvalue weighted by molar-refractivity contribution is -0.139. The van der Waals surface area contributed by atoms with Crippen LogP contribution in [0.2, 0.25) is 5.02 Å². The van der Waals surface area contributed by atoms with E-state index in [9.17, 15) is 14.0 Å². The fourth-order valence-electron chi connectivity index (χ4n) is 4.46. The number of carbonyl (C=O) groups excluding carboxylic acids is 2. The first-order chi connectivity index (χ1) is 15.6. The van der Waals surface area contributed by atoms with Gasteiger partial charge in [0.1, 0.15) is 23.4 Å². The van der Waals surface area contributed by atoms with E-state index in [4.69, 9.17) is 21.1 Å². The smallest absolute Gasteiger partial charge is 0.258 e. The third kappa shape index (κ3) is 5.24. The summed E-state index contributed by atoms with van der Waals surface area (Å²) in [7, 11) is 0. The molecule has 0 radical (unpaired) electrons. The van der Waals surface area contributed by atoms with E-state index in [1.54, 1.807) is 0 Å². The van der Waals surface area contributed by atoms with E-state index in [0.717, 1.165) is 18.2 Å². The molecule has 1 fully saturated rings. The van der Waals surface area contributed by atoms with Gasteiger partial charge in [-0.2, -0.15) is 0 Å². The lowest BCUT2D eigenvalue weighted by Crippen LogP contribution is -2.58. The van der Waals surface area contributed by atoms with E-state index in [-0.39, 0.29) is 47.4 Å². The van der Waals surface area contributed by atoms with Gasteiger partial charge in [0.2, 0.25) is 5.91 Å². The van der Waals surface area contributed by atoms with Crippen molar-refractivity contribution in [2.45, 2.75) is 58.2 Å². The van der Waals surface area contributed by atoms with Crippen molar-refractivity contribution >= 4 is 23.4 Å². The standard InChI is InChI=1S/C25H28ClFN2O4/c1-14-4-7-21-16(8-14)9-22(33-21)15(2)28-24(31)25(3)11-17(12-25)29-23(30)13-32-18-5-6-19(26)20(27)10-18/h4-8,10,15,17,22H,9,11-13H2,1-3H3,(H,28,31)(H,29,30). The molecule has 2 atom stereocenters. The molecule has 6 nitrogen and oxygen atoms in total. The molecule has 33 heavy (non-hydrogen) atoms. The van der Waals surface area contributed by atoms with Gasteiger partial charge < -0.3 is 20.1 Å². The molecule has 0 spiro atoms. The summed E-state index contributed by atoms with van der Waals surface area (Å²) < 4.78 is 24.8. The zero-order chi connectivity index (χ0) is 23.8. The minimum absolute atomic E-state index is 0.00715. The van der Waals surface area contributed by atoms with E-state index in [1.165, 1.54) is 23.3 Å². The topological polar surface area (TPSA) is 76.7 Å². The van der Waals surface area contributed by atoms with Crippen LogP contribution in [0.3, 0.4) is 0 Å². The van der Waals surface area contributed by atoms with Crippen molar-refractivity contribution in [3.8, 4) is 11.5 Å². The molecule has 0 saturated heterocycles. The van der Waals surface area contributed by atoms with Gasteiger partial charge in [-0.25, -0.2) is 4.39 Å². The van der Waals surface area contributed by atoms with Gasteiger partial charge >= 0.3 is 0 Å². The molecule has 1 aliphatic heterocycles. The fraction of sp³-hybridized carbons (Fsp3) is 0.440. The predicted octanol–water partition coefficient (Wildman–Crippen LogP) is 3.96. The van der Waals surface area contributed by atoms with Gasteiger partial charge in [0.15, 0.2) is 6.61 Å². The van der Waals surface area contributed by atoms with Gasteiger partial charge in [-0.3, -0.25) is 9.59 Å². The average Bonchev–Trinajstić information content (AvgIpc) is 3.16. The van der Waals surface area contributed by atoms with Gasteiger partial charge in [0.25, 0.3) is 5.91 Å². The first-order valence-corrected chi connectivity index (χ1v) is 11.4. The summed E-state index contributed by atoms with van der Waals surface area (Å²) in [4.78, 5) is 25.1. The Hall–Kier alpha value is -2.80. The number of carbonyl (C=O) groups is 2. The predicted molar refractivity (Wildman–Crippen MR) is 123 cm³/mol. The second kappa shape index (κ2) is 9.21. The van der Waals surface area contributed by atoms with Crippen LogP contribution in [0.4, 0.5) is 4.39 Å². The lowest BCUT2D eigenvalue weighted by atomic mass is 9.66. The van der Waals surface area contributed by atoms with Crippen molar-refractivity contribution < 1.29 is 23.5 Å². The van der Waals surface area contributed by atoms with E-state index in [1.807, 2.05) is 26.0 Å². The zero-order valence-corrected chi connectivity index (χ0v) is 19.7. The highest BCUT2D eigenvalue weighted by Crippen LogP contribution is 2.41. The Bertz CT molecular complexity index is 1070. The molecule has 0 aromatic heterocycles. The number of hydrogen-bond acceptors (Lipinski definition) is 4. The summed E-state index contributed by atoms with van der Waals surface area (Å²) in [6.45, 7) is 5.67. The molecule has 2 N–H and O–H groups in total. The number of hydrogen-bond donors (Lipinski definition) is 2. The number of nitrogens with one attached hydrogen (secondary N) is 2. The molecule has 176 valence electrons. The lowest BCUT2D eigenvalue weighted by Gasteiger charge is -2.44. The van der Waals surface area contributed by atoms with Crippen LogP contribution in [0.25, 0.3) is 0 Å². The third-order valence-electron chi connectivity index (χ3n) is 6.40. The minimum atomic E-state index is -0.605. The summed E-state index contributed by atoms with van der Waals surface area (Å²) in [5.74, 6) is 0.146. The van der Waals surface area contributed by atoms with Crippen molar-refractivity contribution in [2.24, 2.45) is 5.41 Å². The number of rotatable bonds is 7. The Morgan fingerprint density at radius 1 is 1.27 bits per heavy atom. The molecule has 2 aromatic carbocycles. The normalized spacial score (nSPS) is 24.2. The maximum atomic E-state index is 13.5. The molecule has 2 unspecified atom stereocenters. The first kappa shape index (κ1) is 23.4. The molecular weight excluding hydrogens is 447 g/mol. The van der Waals surface area contributed by atoms with Gasteiger partial charge in [0, 0.05) is 18.5 Å². The second-order valence-electron chi connectivity index (χ2n) is 9.33. The van der Waals surface area contributed by atoms with E-state index in [0.29, 0.717) is 12.8 Å². The summed E-state index contributed by atoms with van der Waals surface area (Å²) in [5, 5.41) is 5.95. The number of ether oxygens (including phenoxy) is 2. The maximum Gasteiger partial charge on any atom is 0.258 e. The minimum Gasteiger partial charge on any atom is -0.488 e. The molecule has 2 aromatic rings. The van der Waals surface area contributed by atoms with Gasteiger partial charge in [0.05, 0.1) is 16.5 Å². The fourth-order valence-corrected chi connectivity index (χ4v) is 4.57. The van der Waals surface area contributed by atoms with E-state index >= 15 is 0 Å². The Balaban J connectivity index is 1.20. The van der Waals surface area contributed by atoms with Crippen molar-refractivity contribution in [3.63, 3.8) is 0 Å². The van der Waals surface area contributed by atoms with Gasteiger partial charge in [-0.15, -0.1) is 0 Å². The van der Waals surface area contributed by atoms with Crippen LogP contribution in [-0.4, -0.2) is 36.6 Å². The molecule has 0 bridgehead atoms. The van der Waals surface area contributed by atoms with Gasteiger partial charge in [-0.1, -0.05) is 36.2 Å². The highest BCUT2D eigenvalue weighted by molar-refractivity contribution is 6.30. The largest absolute Gasteiger partial charge is 0.488 e. The molecular formula is C25H28ClFN2O4. The quantitative estimate of drug-likeness (QED) is 0.637. The number of benzene rings is 2. The van der Waals surface area contributed by atoms with Crippen LogP contribution in [0, 0.1) is 18.2 Å². The molecule has 1 saturated carbocycles. The Morgan fingerprint density at radius 3 is 2.76 bits per heavy atom. The number of aryl methyl sites for hydroxylation is 1.